The minimum atomic E-state index is -0.854. The van der Waals surface area contributed by atoms with Gasteiger partial charge in [0.2, 0.25) is 11.8 Å². The molecule has 2 atom stereocenters. The van der Waals surface area contributed by atoms with Gasteiger partial charge in [-0.2, -0.15) is 5.10 Å². The van der Waals surface area contributed by atoms with E-state index in [2.05, 4.69) is 18.1 Å². The van der Waals surface area contributed by atoms with Gasteiger partial charge >= 0.3 is 6.03 Å². The van der Waals surface area contributed by atoms with Gasteiger partial charge in [0.25, 0.3) is 0 Å². The molecule has 3 heterocycles. The number of aromatic hydroxyl groups is 1. The molecule has 11 heteroatoms. The van der Waals surface area contributed by atoms with E-state index in [4.69, 9.17) is 5.10 Å². The number of phenols is 1. The molecule has 2 unspecified atom stereocenters. The Labute approximate surface area is 273 Å². The standard InChI is InChI=1S/C36H39N7O4/c1-2-17-41-24-33(45)42-31(18-25-13-15-30(44)16-14-25)35(46)39(23-32(42)43(41)36(47)37-19-26-7-4-3-5-8-26)21-28-9-6-10-29-22-40(38-34(28)29)20-27-11-12-27/h2-10,13-16,22,27,31-32,44H,1,11-12,17-21,23-24H2,(H,37,47). The number of urea groups is 1. The number of hydrazine groups is 1. The van der Waals surface area contributed by atoms with E-state index in [1.807, 2.05) is 53.2 Å². The van der Waals surface area contributed by atoms with Crippen LogP contribution in [-0.2, 0) is 35.6 Å². The summed E-state index contributed by atoms with van der Waals surface area (Å²) in [5.74, 6) is 0.359. The van der Waals surface area contributed by atoms with Crippen LogP contribution in [0.5, 0.6) is 5.75 Å². The molecule has 242 valence electrons. The molecule has 1 aromatic heterocycles. The van der Waals surface area contributed by atoms with Crippen LogP contribution >= 0.6 is 0 Å². The summed E-state index contributed by atoms with van der Waals surface area (Å²) in [6, 6.07) is 21.1. The number of benzene rings is 3. The second kappa shape index (κ2) is 12.9. The second-order valence-electron chi connectivity index (χ2n) is 12.7. The van der Waals surface area contributed by atoms with Crippen LogP contribution in [0, 0.1) is 5.92 Å². The normalized spacial score (nSPS) is 20.0. The first-order chi connectivity index (χ1) is 22.9. The molecule has 2 saturated heterocycles. The third-order valence-corrected chi connectivity index (χ3v) is 9.20. The summed E-state index contributed by atoms with van der Waals surface area (Å²) >= 11 is 0. The third kappa shape index (κ3) is 6.44. The Kier molecular flexibility index (Phi) is 8.38. The molecule has 3 fully saturated rings. The van der Waals surface area contributed by atoms with Gasteiger partial charge in [0.15, 0.2) is 0 Å². The number of carbonyl (C=O) groups excluding carboxylic acids is 3. The molecule has 4 amide bonds. The summed E-state index contributed by atoms with van der Waals surface area (Å²) in [7, 11) is 0. The first-order valence-corrected chi connectivity index (χ1v) is 16.2. The maximum atomic E-state index is 14.4. The van der Waals surface area contributed by atoms with Gasteiger partial charge in [-0.3, -0.25) is 14.3 Å². The van der Waals surface area contributed by atoms with Gasteiger partial charge in [-0.25, -0.2) is 14.8 Å². The lowest BCUT2D eigenvalue weighted by atomic mass is 9.98. The molecule has 0 radical (unpaired) electrons. The number of nitrogens with one attached hydrogen (secondary N) is 1. The van der Waals surface area contributed by atoms with E-state index in [0.717, 1.165) is 34.1 Å². The van der Waals surface area contributed by atoms with Crippen LogP contribution < -0.4 is 5.32 Å². The maximum Gasteiger partial charge on any atom is 0.334 e. The van der Waals surface area contributed by atoms with Crippen molar-refractivity contribution in [1.82, 2.24) is 34.9 Å². The largest absolute Gasteiger partial charge is 0.508 e. The minimum absolute atomic E-state index is 0.0711. The fourth-order valence-electron chi connectivity index (χ4n) is 6.70. The van der Waals surface area contributed by atoms with Crippen molar-refractivity contribution in [2.24, 2.45) is 5.92 Å². The number of nitrogens with zero attached hydrogens (tertiary/aromatic N) is 6. The van der Waals surface area contributed by atoms with Crippen molar-refractivity contribution in [1.29, 1.82) is 0 Å². The van der Waals surface area contributed by atoms with E-state index in [0.29, 0.717) is 12.5 Å². The average molecular weight is 634 g/mol. The molecule has 0 bridgehead atoms. The number of rotatable bonds is 10. The van der Waals surface area contributed by atoms with Gasteiger partial charge in [-0.05, 0) is 47.6 Å². The summed E-state index contributed by atoms with van der Waals surface area (Å²) < 4.78 is 2.00. The Morgan fingerprint density at radius 2 is 1.79 bits per heavy atom. The summed E-state index contributed by atoms with van der Waals surface area (Å²) in [6.07, 6.45) is 5.66. The monoisotopic (exact) mass is 633 g/mol. The summed E-state index contributed by atoms with van der Waals surface area (Å²) in [4.78, 5) is 45.6. The van der Waals surface area contributed by atoms with Crippen LogP contribution in [0.2, 0.25) is 0 Å². The van der Waals surface area contributed by atoms with E-state index >= 15 is 0 Å². The van der Waals surface area contributed by atoms with Crippen molar-refractivity contribution in [3.63, 3.8) is 0 Å². The predicted molar refractivity (Wildman–Crippen MR) is 176 cm³/mol. The van der Waals surface area contributed by atoms with E-state index in [1.165, 1.54) is 12.8 Å². The van der Waals surface area contributed by atoms with Crippen molar-refractivity contribution in [2.45, 2.75) is 51.1 Å². The summed E-state index contributed by atoms with van der Waals surface area (Å²) in [5.41, 5.74) is 3.50. The molecule has 4 aromatic rings. The Bertz CT molecular complexity index is 1790. The molecule has 2 aliphatic heterocycles. The molecule has 3 aliphatic rings. The highest BCUT2D eigenvalue weighted by molar-refractivity contribution is 5.92. The van der Waals surface area contributed by atoms with Crippen LogP contribution in [0.3, 0.4) is 0 Å². The number of amides is 4. The molecule has 2 N–H and O–H groups in total. The smallest absolute Gasteiger partial charge is 0.334 e. The van der Waals surface area contributed by atoms with Crippen LogP contribution in [0.25, 0.3) is 10.9 Å². The lowest BCUT2D eigenvalue weighted by molar-refractivity contribution is -0.189. The highest BCUT2D eigenvalue weighted by atomic mass is 16.3. The van der Waals surface area contributed by atoms with Gasteiger partial charge in [0.1, 0.15) is 18.0 Å². The molecule has 11 nitrogen and oxygen atoms in total. The van der Waals surface area contributed by atoms with E-state index in [9.17, 15) is 19.5 Å². The van der Waals surface area contributed by atoms with Crippen molar-refractivity contribution in [2.75, 3.05) is 19.6 Å². The first-order valence-electron chi connectivity index (χ1n) is 16.2. The van der Waals surface area contributed by atoms with Gasteiger partial charge in [0, 0.05) is 44.2 Å². The van der Waals surface area contributed by atoms with Crippen molar-refractivity contribution < 1.29 is 19.5 Å². The Morgan fingerprint density at radius 1 is 1.00 bits per heavy atom. The fourth-order valence-corrected chi connectivity index (χ4v) is 6.70. The Hall–Kier alpha value is -5.16. The number of fused-ring (bicyclic) bond motifs is 2. The second-order valence-corrected chi connectivity index (χ2v) is 12.7. The van der Waals surface area contributed by atoms with Gasteiger partial charge < -0.3 is 20.2 Å². The highest BCUT2D eigenvalue weighted by Crippen LogP contribution is 2.32. The average Bonchev–Trinajstić information content (AvgIpc) is 3.78. The molecular formula is C36H39N7O4. The molecule has 3 aromatic carbocycles. The van der Waals surface area contributed by atoms with Crippen LogP contribution in [0.15, 0.2) is 91.6 Å². The molecule has 7 rings (SSSR count). The summed E-state index contributed by atoms with van der Waals surface area (Å²) in [6.45, 7) is 5.68. The number of carbonyl (C=O) groups is 3. The molecule has 1 saturated carbocycles. The quantitative estimate of drug-likeness (QED) is 0.256. The molecule has 47 heavy (non-hydrogen) atoms. The third-order valence-electron chi connectivity index (χ3n) is 9.20. The number of piperazine rings is 1. The lowest BCUT2D eigenvalue weighted by Gasteiger charge is -2.55. The van der Waals surface area contributed by atoms with Crippen LogP contribution in [-0.4, -0.2) is 84.4 Å². The molecule has 0 spiro atoms. The number of aromatic nitrogens is 2. The van der Waals surface area contributed by atoms with E-state index in [-0.39, 0.29) is 56.2 Å². The van der Waals surface area contributed by atoms with Gasteiger partial charge in [-0.1, -0.05) is 66.7 Å². The Balaban J connectivity index is 1.23. The first kappa shape index (κ1) is 30.5. The fraction of sp³-hybridized carbons (Fsp3) is 0.333. The maximum absolute atomic E-state index is 14.4. The Morgan fingerprint density at radius 3 is 2.53 bits per heavy atom. The van der Waals surface area contributed by atoms with Crippen molar-refractivity contribution >= 4 is 28.7 Å². The SMILES string of the molecule is C=CCN1CC(=O)N2C(Cc3ccc(O)cc3)C(=O)N(Cc3cccc4cn(CC5CC5)nc34)CC2N1C(=O)NCc1ccccc1. The molecule has 1 aliphatic carbocycles. The number of hydrogen-bond acceptors (Lipinski definition) is 6. The zero-order valence-corrected chi connectivity index (χ0v) is 26.2. The van der Waals surface area contributed by atoms with Crippen LogP contribution in [0.1, 0.15) is 29.5 Å². The minimum Gasteiger partial charge on any atom is -0.508 e. The number of phenolic OH excluding ortho intramolecular Hbond substituents is 1. The van der Waals surface area contributed by atoms with Gasteiger partial charge in [0.05, 0.1) is 18.6 Å². The zero-order valence-electron chi connectivity index (χ0n) is 26.2. The topological polar surface area (TPSA) is 114 Å². The number of hydrogen-bond donors (Lipinski definition) is 2. The van der Waals surface area contributed by atoms with Crippen molar-refractivity contribution in [3.05, 3.63) is 108 Å². The zero-order chi connectivity index (χ0) is 32.5. The summed E-state index contributed by atoms with van der Waals surface area (Å²) in [5, 5.41) is 22.1. The van der Waals surface area contributed by atoms with E-state index < -0.39 is 12.2 Å². The van der Waals surface area contributed by atoms with Gasteiger partial charge in [-0.15, -0.1) is 6.58 Å². The highest BCUT2D eigenvalue weighted by Gasteiger charge is 2.51. The van der Waals surface area contributed by atoms with E-state index in [1.54, 1.807) is 50.2 Å². The van der Waals surface area contributed by atoms with Crippen LogP contribution in [0.4, 0.5) is 4.79 Å². The van der Waals surface area contributed by atoms with Crippen molar-refractivity contribution in [3.8, 4) is 5.75 Å². The predicted octanol–water partition coefficient (Wildman–Crippen LogP) is 3.89. The lowest BCUT2D eigenvalue weighted by Crippen LogP contribution is -2.76. The molecular weight excluding hydrogens is 594 g/mol.